The monoisotopic (exact) mass is 388 g/mol. The van der Waals surface area contributed by atoms with E-state index in [2.05, 4.69) is 10.6 Å². The molecular weight excluding hydrogens is 368 g/mol. The third kappa shape index (κ3) is 4.98. The maximum Gasteiger partial charge on any atom is 0.323 e. The lowest BCUT2D eigenvalue weighted by Crippen LogP contribution is -2.42. The van der Waals surface area contributed by atoms with Crippen LogP contribution in [0.25, 0.3) is 0 Å². The number of carbonyl (C=O) groups is 3. The highest BCUT2D eigenvalue weighted by molar-refractivity contribution is 6.48. The van der Waals surface area contributed by atoms with E-state index < -0.39 is 17.7 Å². The largest absolute Gasteiger partial charge is 0.399 e. The summed E-state index contributed by atoms with van der Waals surface area (Å²) in [5.74, 6) is -2.47. The average molecular weight is 388 g/mol. The Morgan fingerprint density at radius 3 is 1.90 bits per heavy atom. The minimum atomic E-state index is -0.978. The summed E-state index contributed by atoms with van der Waals surface area (Å²) in [5, 5.41) is 5.74. The van der Waals surface area contributed by atoms with Gasteiger partial charge in [-0.15, -0.1) is 0 Å². The Balaban J connectivity index is 1.68. The summed E-state index contributed by atoms with van der Waals surface area (Å²) in [4.78, 5) is 37.6. The molecule has 146 valence electrons. The predicted octanol–water partition coefficient (Wildman–Crippen LogP) is 3.53. The van der Waals surface area contributed by atoms with Crippen molar-refractivity contribution in [2.45, 2.75) is 6.92 Å². The first-order valence-corrected chi connectivity index (χ1v) is 8.88. The lowest BCUT2D eigenvalue weighted by atomic mass is 10.2. The molecule has 29 heavy (non-hydrogen) atoms. The molecule has 4 N–H and O–H groups in total. The molecule has 7 nitrogen and oxygen atoms in total. The van der Waals surface area contributed by atoms with Crippen molar-refractivity contribution in [2.75, 3.05) is 21.3 Å². The van der Waals surface area contributed by atoms with Gasteiger partial charge in [0.1, 0.15) is 0 Å². The summed E-state index contributed by atoms with van der Waals surface area (Å²) in [6, 6.07) is 22.6. The molecule has 0 spiro atoms. The number of para-hydroxylation sites is 1. The van der Waals surface area contributed by atoms with Crippen molar-refractivity contribution in [1.29, 1.82) is 0 Å². The van der Waals surface area contributed by atoms with Crippen molar-refractivity contribution in [1.82, 2.24) is 0 Å². The van der Waals surface area contributed by atoms with Gasteiger partial charge in [0.15, 0.2) is 0 Å². The molecule has 0 aliphatic rings. The fraction of sp³-hybridized carbons (Fsp3) is 0.0455. The summed E-state index contributed by atoms with van der Waals surface area (Å²) in [7, 11) is 0. The zero-order chi connectivity index (χ0) is 20.8. The van der Waals surface area contributed by atoms with Gasteiger partial charge < -0.3 is 16.4 Å². The molecule has 0 bridgehead atoms. The number of nitrogens with zero attached hydrogens (tertiary/aromatic N) is 1. The standard InChI is InChI=1S/C22H20N4O3/c1-15(27)26(20-13-7-16(23)8-14-20)22(29)21(28)25-19-11-9-18(10-12-19)24-17-5-3-2-4-6-17/h2-14,24H,23H2,1H3,(H,25,28). The normalized spacial score (nSPS) is 10.1. The highest BCUT2D eigenvalue weighted by atomic mass is 16.2. The summed E-state index contributed by atoms with van der Waals surface area (Å²) in [6.07, 6.45) is 0. The maximum atomic E-state index is 12.5. The number of benzene rings is 3. The molecule has 7 heteroatoms. The number of amides is 3. The van der Waals surface area contributed by atoms with Gasteiger partial charge in [-0.2, -0.15) is 0 Å². The highest BCUT2D eigenvalue weighted by Gasteiger charge is 2.26. The third-order valence-corrected chi connectivity index (χ3v) is 4.07. The molecular formula is C22H20N4O3. The fourth-order valence-electron chi connectivity index (χ4n) is 2.68. The lowest BCUT2D eigenvalue weighted by Gasteiger charge is -2.19. The van der Waals surface area contributed by atoms with E-state index in [1.165, 1.54) is 19.1 Å². The van der Waals surface area contributed by atoms with Crippen LogP contribution >= 0.6 is 0 Å². The van der Waals surface area contributed by atoms with Gasteiger partial charge in [-0.05, 0) is 60.7 Å². The topological polar surface area (TPSA) is 105 Å². The van der Waals surface area contributed by atoms with Crippen molar-refractivity contribution in [3.63, 3.8) is 0 Å². The number of hydrogen-bond donors (Lipinski definition) is 3. The number of hydrogen-bond acceptors (Lipinski definition) is 5. The Morgan fingerprint density at radius 1 is 0.759 bits per heavy atom. The quantitative estimate of drug-likeness (QED) is 0.468. The van der Waals surface area contributed by atoms with Crippen LogP contribution in [0.4, 0.5) is 28.4 Å². The molecule has 0 aliphatic heterocycles. The first-order chi connectivity index (χ1) is 13.9. The molecule has 0 radical (unpaired) electrons. The number of rotatable bonds is 4. The van der Waals surface area contributed by atoms with Gasteiger partial charge in [0.2, 0.25) is 5.91 Å². The summed E-state index contributed by atoms with van der Waals surface area (Å²) < 4.78 is 0. The molecule has 0 unspecified atom stereocenters. The minimum Gasteiger partial charge on any atom is -0.399 e. The van der Waals surface area contributed by atoms with Gasteiger partial charge in [0, 0.05) is 29.7 Å². The Hall–Kier alpha value is -4.13. The number of anilines is 5. The Kier molecular flexibility index (Phi) is 5.89. The highest BCUT2D eigenvalue weighted by Crippen LogP contribution is 2.20. The van der Waals surface area contributed by atoms with E-state index in [0.29, 0.717) is 11.4 Å². The summed E-state index contributed by atoms with van der Waals surface area (Å²) in [6.45, 7) is 1.21. The molecule has 0 atom stereocenters. The number of imide groups is 1. The molecule has 0 saturated carbocycles. The first-order valence-electron chi connectivity index (χ1n) is 8.88. The Labute approximate surface area is 168 Å². The van der Waals surface area contributed by atoms with Gasteiger partial charge >= 0.3 is 11.8 Å². The molecule has 3 aromatic carbocycles. The van der Waals surface area contributed by atoms with Crippen LogP contribution in [-0.2, 0) is 14.4 Å². The smallest absolute Gasteiger partial charge is 0.323 e. The molecule has 0 fully saturated rings. The van der Waals surface area contributed by atoms with Crippen LogP contribution in [0.2, 0.25) is 0 Å². The number of carbonyl (C=O) groups excluding carboxylic acids is 3. The van der Waals surface area contributed by atoms with Crippen molar-refractivity contribution in [3.8, 4) is 0 Å². The Morgan fingerprint density at radius 2 is 1.31 bits per heavy atom. The molecule has 0 aliphatic carbocycles. The van der Waals surface area contributed by atoms with Crippen LogP contribution in [-0.4, -0.2) is 17.7 Å². The molecule has 0 aromatic heterocycles. The molecule has 3 amide bonds. The Bertz CT molecular complexity index is 1020. The molecule has 3 rings (SSSR count). The number of nitrogens with one attached hydrogen (secondary N) is 2. The van der Waals surface area contributed by atoms with Gasteiger partial charge in [-0.3, -0.25) is 14.4 Å². The second-order valence-electron chi connectivity index (χ2n) is 6.27. The van der Waals surface area contributed by atoms with Gasteiger partial charge in [-0.25, -0.2) is 4.90 Å². The van der Waals surface area contributed by atoms with Crippen LogP contribution in [0.15, 0.2) is 78.9 Å². The van der Waals surface area contributed by atoms with Crippen LogP contribution in [0, 0.1) is 0 Å². The number of nitrogens with two attached hydrogens (primary N) is 1. The third-order valence-electron chi connectivity index (χ3n) is 4.07. The van der Waals surface area contributed by atoms with Crippen LogP contribution in [0.3, 0.4) is 0 Å². The summed E-state index contributed by atoms with van der Waals surface area (Å²) >= 11 is 0. The second-order valence-corrected chi connectivity index (χ2v) is 6.27. The van der Waals surface area contributed by atoms with E-state index in [0.717, 1.165) is 16.3 Å². The number of nitrogen functional groups attached to an aromatic ring is 1. The second kappa shape index (κ2) is 8.71. The zero-order valence-electron chi connectivity index (χ0n) is 15.8. The van der Waals surface area contributed by atoms with Gasteiger partial charge in [0.05, 0.1) is 5.69 Å². The average Bonchev–Trinajstić information content (AvgIpc) is 2.71. The van der Waals surface area contributed by atoms with Crippen LogP contribution in [0.1, 0.15) is 6.92 Å². The molecule has 0 saturated heterocycles. The van der Waals surface area contributed by atoms with Crippen LogP contribution in [0.5, 0.6) is 0 Å². The fourth-order valence-corrected chi connectivity index (χ4v) is 2.68. The SMILES string of the molecule is CC(=O)N(C(=O)C(=O)Nc1ccc(Nc2ccccc2)cc1)c1ccc(N)cc1. The van der Waals surface area contributed by atoms with Crippen LogP contribution < -0.4 is 21.3 Å². The van der Waals surface area contributed by atoms with E-state index in [1.54, 1.807) is 36.4 Å². The van der Waals surface area contributed by atoms with Crippen molar-refractivity contribution < 1.29 is 14.4 Å². The lowest BCUT2D eigenvalue weighted by molar-refractivity contribution is -0.136. The van der Waals surface area contributed by atoms with Crippen molar-refractivity contribution in [2.24, 2.45) is 0 Å². The zero-order valence-corrected chi connectivity index (χ0v) is 15.8. The first kappa shape index (κ1) is 19.6. The van der Waals surface area contributed by atoms with E-state index in [4.69, 9.17) is 5.73 Å². The maximum absolute atomic E-state index is 12.5. The van der Waals surface area contributed by atoms with Crippen molar-refractivity contribution in [3.05, 3.63) is 78.9 Å². The van der Waals surface area contributed by atoms with Gasteiger partial charge in [-0.1, -0.05) is 18.2 Å². The minimum absolute atomic E-state index is 0.272. The van der Waals surface area contributed by atoms with E-state index in [-0.39, 0.29) is 5.69 Å². The van der Waals surface area contributed by atoms with Gasteiger partial charge in [0.25, 0.3) is 0 Å². The van der Waals surface area contributed by atoms with Crippen molar-refractivity contribution >= 4 is 46.2 Å². The predicted molar refractivity (Wildman–Crippen MR) is 114 cm³/mol. The van der Waals surface area contributed by atoms with E-state index >= 15 is 0 Å². The molecule has 3 aromatic rings. The summed E-state index contributed by atoms with van der Waals surface area (Å²) in [5.41, 5.74) is 8.58. The van der Waals surface area contributed by atoms with E-state index in [1.807, 2.05) is 30.3 Å². The molecule has 0 heterocycles. The van der Waals surface area contributed by atoms with E-state index in [9.17, 15) is 14.4 Å².